The maximum atomic E-state index is 13.0. The smallest absolute Gasteiger partial charge is 0.254 e. The van der Waals surface area contributed by atoms with Gasteiger partial charge in [-0.3, -0.25) is 4.79 Å². The molecule has 4 N–H and O–H groups in total. The summed E-state index contributed by atoms with van der Waals surface area (Å²) < 4.78 is 0. The summed E-state index contributed by atoms with van der Waals surface area (Å²) >= 11 is 13.5. The lowest BCUT2D eigenvalue weighted by Crippen LogP contribution is -2.41. The summed E-state index contributed by atoms with van der Waals surface area (Å²) in [6.07, 6.45) is 2.38. The van der Waals surface area contributed by atoms with E-state index in [-0.39, 0.29) is 5.91 Å². The van der Waals surface area contributed by atoms with Crippen LogP contribution in [0.2, 0.25) is 10.0 Å². The van der Waals surface area contributed by atoms with Gasteiger partial charge in [-0.1, -0.05) is 23.2 Å². The molecule has 0 aliphatic carbocycles. The first-order valence-electron chi connectivity index (χ1n) is 8.98. The fourth-order valence-corrected chi connectivity index (χ4v) is 4.69. The Kier molecular flexibility index (Phi) is 5.31. The Balaban J connectivity index is 1.68. The number of benzene rings is 1. The highest BCUT2D eigenvalue weighted by Crippen LogP contribution is 2.32. The molecule has 0 radical (unpaired) electrons. The first-order chi connectivity index (χ1) is 13.4. The minimum atomic E-state index is -0.129. The number of rotatable bonds is 1. The number of hydrogen-bond acceptors (Lipinski definition) is 6. The van der Waals surface area contributed by atoms with Gasteiger partial charge in [-0.25, -0.2) is 4.98 Å². The standard InChI is InChI=1S/C19H19Cl2N5OS/c20-12-4-3-10(8-13(12)21)18(27)26-7-5-14(22)11(9-26)16-17-15(2-1-6-24-16)28-19(23)25-17/h3-4,8,22,24H,1-2,5-7,9H2,(H2,23,25)/b16-11-,22-14?. The van der Waals surface area contributed by atoms with Crippen LogP contribution in [0, 0.1) is 5.41 Å². The van der Waals surface area contributed by atoms with Gasteiger partial charge in [0.15, 0.2) is 5.13 Å². The number of carbonyl (C=O) groups is 1. The molecule has 0 atom stereocenters. The molecule has 1 amide bonds. The van der Waals surface area contributed by atoms with E-state index in [2.05, 4.69) is 10.3 Å². The Labute approximate surface area is 176 Å². The second-order valence-corrected chi connectivity index (χ2v) is 8.72. The van der Waals surface area contributed by atoms with Gasteiger partial charge in [0.25, 0.3) is 5.91 Å². The summed E-state index contributed by atoms with van der Waals surface area (Å²) in [4.78, 5) is 20.4. The molecular weight excluding hydrogens is 417 g/mol. The second-order valence-electron chi connectivity index (χ2n) is 6.79. The first kappa shape index (κ1) is 19.2. The largest absolute Gasteiger partial charge is 0.383 e. The molecule has 2 aromatic rings. The molecule has 0 unspecified atom stereocenters. The number of halogens is 2. The van der Waals surface area contributed by atoms with Crippen molar-refractivity contribution in [1.29, 1.82) is 5.41 Å². The maximum Gasteiger partial charge on any atom is 0.254 e. The Morgan fingerprint density at radius 2 is 2.11 bits per heavy atom. The average molecular weight is 436 g/mol. The third-order valence-electron chi connectivity index (χ3n) is 4.93. The van der Waals surface area contributed by atoms with Crippen LogP contribution in [0.25, 0.3) is 5.70 Å². The number of nitrogen functional groups attached to an aromatic ring is 1. The van der Waals surface area contributed by atoms with Crippen molar-refractivity contribution < 1.29 is 4.79 Å². The van der Waals surface area contributed by atoms with Gasteiger partial charge in [-0.05, 0) is 31.0 Å². The first-order valence-corrected chi connectivity index (χ1v) is 10.6. The molecule has 146 valence electrons. The second kappa shape index (κ2) is 7.73. The molecule has 6 nitrogen and oxygen atoms in total. The van der Waals surface area contributed by atoms with Crippen LogP contribution in [0.15, 0.2) is 23.8 Å². The molecule has 0 spiro atoms. The summed E-state index contributed by atoms with van der Waals surface area (Å²) in [7, 11) is 0. The van der Waals surface area contributed by atoms with Crippen molar-refractivity contribution in [2.45, 2.75) is 19.3 Å². The van der Waals surface area contributed by atoms with Gasteiger partial charge in [0.2, 0.25) is 0 Å². The Hall–Kier alpha value is -2.09. The number of nitrogens with zero attached hydrogens (tertiary/aromatic N) is 2. The summed E-state index contributed by atoms with van der Waals surface area (Å²) in [5, 5.41) is 13.2. The number of piperidine rings is 1. The molecule has 2 aliphatic heterocycles. The van der Waals surface area contributed by atoms with Gasteiger partial charge in [-0.2, -0.15) is 0 Å². The van der Waals surface area contributed by atoms with Crippen LogP contribution in [-0.2, 0) is 6.42 Å². The lowest BCUT2D eigenvalue weighted by Gasteiger charge is -2.31. The van der Waals surface area contributed by atoms with E-state index in [1.807, 2.05) is 0 Å². The number of anilines is 1. The fourth-order valence-electron chi connectivity index (χ4n) is 3.51. The topological polar surface area (TPSA) is 95.1 Å². The van der Waals surface area contributed by atoms with Gasteiger partial charge in [0, 0.05) is 47.8 Å². The van der Waals surface area contributed by atoms with E-state index < -0.39 is 0 Å². The van der Waals surface area contributed by atoms with Crippen molar-refractivity contribution in [2.75, 3.05) is 25.4 Å². The predicted octanol–water partition coefficient (Wildman–Crippen LogP) is 3.84. The van der Waals surface area contributed by atoms with E-state index in [0.29, 0.717) is 46.0 Å². The van der Waals surface area contributed by atoms with Gasteiger partial charge >= 0.3 is 0 Å². The number of nitrogens with one attached hydrogen (secondary N) is 2. The normalized spacial score (nSPS) is 19.8. The van der Waals surface area contributed by atoms with Gasteiger partial charge in [0.1, 0.15) is 5.69 Å². The molecule has 1 aromatic heterocycles. The summed E-state index contributed by atoms with van der Waals surface area (Å²) in [5.41, 5.74) is 9.40. The minimum Gasteiger partial charge on any atom is -0.383 e. The molecule has 1 fully saturated rings. The van der Waals surface area contributed by atoms with E-state index in [0.717, 1.165) is 41.2 Å². The van der Waals surface area contributed by atoms with Crippen molar-refractivity contribution in [1.82, 2.24) is 15.2 Å². The molecule has 2 aliphatic rings. The number of hydrogen-bond donors (Lipinski definition) is 3. The number of fused-ring (bicyclic) bond motifs is 1. The van der Waals surface area contributed by atoms with Crippen LogP contribution in [0.5, 0.6) is 0 Å². The highest BCUT2D eigenvalue weighted by molar-refractivity contribution is 7.15. The van der Waals surface area contributed by atoms with Gasteiger partial charge < -0.3 is 21.4 Å². The number of thiazole rings is 1. The van der Waals surface area contributed by atoms with Crippen LogP contribution in [0.1, 0.15) is 33.8 Å². The van der Waals surface area contributed by atoms with E-state index in [1.54, 1.807) is 23.1 Å². The van der Waals surface area contributed by atoms with E-state index >= 15 is 0 Å². The third kappa shape index (κ3) is 3.62. The molecule has 0 bridgehead atoms. The number of likely N-dealkylation sites (tertiary alicyclic amines) is 1. The van der Waals surface area contributed by atoms with Crippen LogP contribution < -0.4 is 11.1 Å². The number of amides is 1. The van der Waals surface area contributed by atoms with Crippen molar-refractivity contribution in [3.63, 3.8) is 0 Å². The zero-order valence-corrected chi connectivity index (χ0v) is 17.3. The molecular formula is C19H19Cl2N5OS. The molecule has 1 saturated heterocycles. The number of aryl methyl sites for hydroxylation is 1. The molecule has 9 heteroatoms. The SMILES string of the molecule is N=C1CCN(C(=O)c2ccc(Cl)c(Cl)c2)C/C1=C1/NCCCc2sc(N)nc21. The van der Waals surface area contributed by atoms with Crippen LogP contribution in [0.3, 0.4) is 0 Å². The summed E-state index contributed by atoms with van der Waals surface area (Å²) in [6, 6.07) is 4.88. The summed E-state index contributed by atoms with van der Waals surface area (Å²) in [5.74, 6) is -0.129. The van der Waals surface area contributed by atoms with E-state index in [4.69, 9.17) is 34.3 Å². The van der Waals surface area contributed by atoms with Crippen LogP contribution in [-0.4, -0.2) is 41.1 Å². The Morgan fingerprint density at radius 1 is 1.29 bits per heavy atom. The van der Waals surface area contributed by atoms with E-state index in [9.17, 15) is 4.79 Å². The van der Waals surface area contributed by atoms with Crippen molar-refractivity contribution in [3.05, 3.63) is 50.0 Å². The highest BCUT2D eigenvalue weighted by Gasteiger charge is 2.29. The minimum absolute atomic E-state index is 0.129. The van der Waals surface area contributed by atoms with Gasteiger partial charge in [0.05, 0.1) is 15.7 Å². The van der Waals surface area contributed by atoms with Crippen molar-refractivity contribution >= 4 is 57.0 Å². The summed E-state index contributed by atoms with van der Waals surface area (Å²) in [6.45, 7) is 1.63. The lowest BCUT2D eigenvalue weighted by molar-refractivity contribution is 0.0770. The van der Waals surface area contributed by atoms with Crippen LogP contribution >= 0.6 is 34.5 Å². The van der Waals surface area contributed by atoms with Crippen LogP contribution in [0.4, 0.5) is 5.13 Å². The number of nitrogens with two attached hydrogens (primary N) is 1. The van der Waals surface area contributed by atoms with Crippen molar-refractivity contribution in [3.8, 4) is 0 Å². The number of carbonyl (C=O) groups excluding carboxylic acids is 1. The lowest BCUT2D eigenvalue weighted by atomic mass is 9.97. The molecule has 1 aromatic carbocycles. The quantitative estimate of drug-likeness (QED) is 0.633. The Morgan fingerprint density at radius 3 is 2.89 bits per heavy atom. The molecule has 3 heterocycles. The fraction of sp³-hybridized carbons (Fsp3) is 0.316. The Bertz CT molecular complexity index is 1000. The van der Waals surface area contributed by atoms with E-state index in [1.165, 1.54) is 11.3 Å². The molecule has 28 heavy (non-hydrogen) atoms. The zero-order chi connectivity index (χ0) is 19.8. The molecule has 0 saturated carbocycles. The van der Waals surface area contributed by atoms with Crippen molar-refractivity contribution in [2.24, 2.45) is 0 Å². The monoisotopic (exact) mass is 435 g/mol. The molecule has 4 rings (SSSR count). The zero-order valence-electron chi connectivity index (χ0n) is 15.0. The predicted molar refractivity (Wildman–Crippen MR) is 114 cm³/mol. The number of aromatic nitrogens is 1. The highest BCUT2D eigenvalue weighted by atomic mass is 35.5. The average Bonchev–Trinajstić information content (AvgIpc) is 2.94. The van der Waals surface area contributed by atoms with Gasteiger partial charge in [-0.15, -0.1) is 11.3 Å². The maximum absolute atomic E-state index is 13.0. The third-order valence-corrected chi connectivity index (χ3v) is 6.62.